The van der Waals surface area contributed by atoms with E-state index in [-0.39, 0.29) is 13.2 Å². The molecule has 1 aromatic carbocycles. The lowest BCUT2D eigenvalue weighted by Crippen LogP contribution is -2.13. The summed E-state index contributed by atoms with van der Waals surface area (Å²) in [6.07, 6.45) is 0.105. The Balaban J connectivity index is 2.64. The average Bonchev–Trinajstić information content (AvgIpc) is 2.17. The molecule has 0 aliphatic heterocycles. The molecule has 0 spiro atoms. The molecule has 2 N–H and O–H groups in total. The second-order valence-corrected chi connectivity index (χ2v) is 3.24. The molecule has 0 radical (unpaired) electrons. The molecular formula is C11H16O3. The Morgan fingerprint density at radius 2 is 2.07 bits per heavy atom. The lowest BCUT2D eigenvalue weighted by Gasteiger charge is -2.11. The Kier molecular flexibility index (Phi) is 4.43. The molecule has 0 unspecified atom stereocenters. The summed E-state index contributed by atoms with van der Waals surface area (Å²) in [7, 11) is 0. The molecular weight excluding hydrogens is 180 g/mol. The minimum atomic E-state index is -0.475. The van der Waals surface area contributed by atoms with Gasteiger partial charge in [0.1, 0.15) is 12.4 Å². The highest BCUT2D eigenvalue weighted by Crippen LogP contribution is 2.18. The molecule has 0 saturated carbocycles. The summed E-state index contributed by atoms with van der Waals surface area (Å²) in [6.45, 7) is 2.06. The fourth-order valence-corrected chi connectivity index (χ4v) is 1.18. The molecule has 3 heteroatoms. The van der Waals surface area contributed by atoms with E-state index in [4.69, 9.17) is 14.9 Å². The van der Waals surface area contributed by atoms with Crippen LogP contribution in [-0.4, -0.2) is 29.5 Å². The maximum absolute atomic E-state index is 9.06. The van der Waals surface area contributed by atoms with Crippen LogP contribution < -0.4 is 4.74 Å². The number of hydrogen-bond acceptors (Lipinski definition) is 3. The Morgan fingerprint density at radius 3 is 2.71 bits per heavy atom. The van der Waals surface area contributed by atoms with E-state index in [1.165, 1.54) is 0 Å². The summed E-state index contributed by atoms with van der Waals surface area (Å²) in [5.41, 5.74) is 0.968. The standard InChI is InChI=1S/C11H16O3/c1-9(13)8-14-11-5-3-2-4-10(11)6-7-12/h2-5,9,12-13H,6-8H2,1H3/t9-/m1/s1. The molecule has 0 heterocycles. The van der Waals surface area contributed by atoms with E-state index in [9.17, 15) is 0 Å². The number of para-hydroxylation sites is 1. The summed E-state index contributed by atoms with van der Waals surface area (Å²) in [5.74, 6) is 0.738. The summed E-state index contributed by atoms with van der Waals surface area (Å²) in [5, 5.41) is 17.9. The molecule has 1 aromatic rings. The fraction of sp³-hybridized carbons (Fsp3) is 0.455. The number of benzene rings is 1. The monoisotopic (exact) mass is 196 g/mol. The molecule has 0 aliphatic carbocycles. The highest BCUT2D eigenvalue weighted by molar-refractivity contribution is 5.33. The number of aliphatic hydroxyl groups excluding tert-OH is 2. The van der Waals surface area contributed by atoms with Crippen LogP contribution in [-0.2, 0) is 6.42 Å². The van der Waals surface area contributed by atoms with Crippen molar-refractivity contribution in [2.45, 2.75) is 19.4 Å². The molecule has 0 saturated heterocycles. The number of ether oxygens (including phenoxy) is 1. The van der Waals surface area contributed by atoms with Gasteiger partial charge in [-0.2, -0.15) is 0 Å². The van der Waals surface area contributed by atoms with Crippen LogP contribution >= 0.6 is 0 Å². The molecule has 1 rings (SSSR count). The second kappa shape index (κ2) is 5.62. The third-order valence-electron chi connectivity index (χ3n) is 1.83. The van der Waals surface area contributed by atoms with Gasteiger partial charge in [0, 0.05) is 6.61 Å². The van der Waals surface area contributed by atoms with Crippen molar-refractivity contribution in [2.75, 3.05) is 13.2 Å². The van der Waals surface area contributed by atoms with Crippen molar-refractivity contribution in [2.24, 2.45) is 0 Å². The Bertz CT molecular complexity index is 271. The van der Waals surface area contributed by atoms with Crippen molar-refractivity contribution in [1.29, 1.82) is 0 Å². The molecule has 0 fully saturated rings. The third kappa shape index (κ3) is 3.36. The zero-order valence-corrected chi connectivity index (χ0v) is 8.31. The van der Waals surface area contributed by atoms with E-state index < -0.39 is 6.10 Å². The van der Waals surface area contributed by atoms with Crippen LogP contribution in [0.3, 0.4) is 0 Å². The molecule has 0 amide bonds. The van der Waals surface area contributed by atoms with Crippen LogP contribution in [0.25, 0.3) is 0 Å². The van der Waals surface area contributed by atoms with Crippen LogP contribution in [0.4, 0.5) is 0 Å². The highest BCUT2D eigenvalue weighted by atomic mass is 16.5. The smallest absolute Gasteiger partial charge is 0.122 e. The number of aliphatic hydroxyl groups is 2. The first-order valence-electron chi connectivity index (χ1n) is 4.73. The van der Waals surface area contributed by atoms with Gasteiger partial charge < -0.3 is 14.9 Å². The van der Waals surface area contributed by atoms with Gasteiger partial charge in [0.05, 0.1) is 6.10 Å². The largest absolute Gasteiger partial charge is 0.491 e. The number of hydrogen-bond donors (Lipinski definition) is 2. The zero-order valence-electron chi connectivity index (χ0n) is 8.31. The maximum atomic E-state index is 9.06. The first kappa shape index (κ1) is 11.0. The molecule has 0 bridgehead atoms. The summed E-state index contributed by atoms with van der Waals surface area (Å²) in [4.78, 5) is 0. The van der Waals surface area contributed by atoms with Gasteiger partial charge in [-0.1, -0.05) is 18.2 Å². The normalized spacial score (nSPS) is 12.5. The van der Waals surface area contributed by atoms with Gasteiger partial charge in [-0.25, -0.2) is 0 Å². The first-order valence-corrected chi connectivity index (χ1v) is 4.73. The van der Waals surface area contributed by atoms with Gasteiger partial charge in [0.15, 0.2) is 0 Å². The van der Waals surface area contributed by atoms with Crippen LogP contribution in [0.1, 0.15) is 12.5 Å². The van der Waals surface area contributed by atoms with Crippen LogP contribution in [0.5, 0.6) is 5.75 Å². The van der Waals surface area contributed by atoms with Gasteiger partial charge >= 0.3 is 0 Å². The van der Waals surface area contributed by atoms with Crippen LogP contribution in [0.2, 0.25) is 0 Å². The Labute approximate surface area is 84.0 Å². The zero-order chi connectivity index (χ0) is 10.4. The summed E-state index contributed by atoms with van der Waals surface area (Å²) < 4.78 is 5.39. The van der Waals surface area contributed by atoms with Crippen molar-refractivity contribution in [3.8, 4) is 5.75 Å². The molecule has 14 heavy (non-hydrogen) atoms. The summed E-state index contributed by atoms with van der Waals surface area (Å²) >= 11 is 0. The molecule has 0 aliphatic rings. The van der Waals surface area contributed by atoms with Crippen molar-refractivity contribution >= 4 is 0 Å². The van der Waals surface area contributed by atoms with Crippen molar-refractivity contribution < 1.29 is 14.9 Å². The third-order valence-corrected chi connectivity index (χ3v) is 1.83. The molecule has 1 atom stereocenters. The molecule has 3 nitrogen and oxygen atoms in total. The van der Waals surface area contributed by atoms with Gasteiger partial charge in [-0.3, -0.25) is 0 Å². The molecule has 0 aromatic heterocycles. The Hall–Kier alpha value is -1.06. The van der Waals surface area contributed by atoms with E-state index in [1.54, 1.807) is 6.92 Å². The Morgan fingerprint density at radius 1 is 1.36 bits per heavy atom. The van der Waals surface area contributed by atoms with Gasteiger partial charge in [-0.05, 0) is 25.0 Å². The topological polar surface area (TPSA) is 49.7 Å². The van der Waals surface area contributed by atoms with Crippen LogP contribution in [0, 0.1) is 0 Å². The summed E-state index contributed by atoms with van der Waals surface area (Å²) in [6, 6.07) is 7.53. The van der Waals surface area contributed by atoms with Gasteiger partial charge in [-0.15, -0.1) is 0 Å². The van der Waals surface area contributed by atoms with Crippen molar-refractivity contribution in [3.05, 3.63) is 29.8 Å². The van der Waals surface area contributed by atoms with E-state index in [0.29, 0.717) is 6.42 Å². The van der Waals surface area contributed by atoms with Crippen LogP contribution in [0.15, 0.2) is 24.3 Å². The fourth-order valence-electron chi connectivity index (χ4n) is 1.18. The average molecular weight is 196 g/mol. The van der Waals surface area contributed by atoms with Crippen molar-refractivity contribution in [1.82, 2.24) is 0 Å². The SMILES string of the molecule is C[C@@H](O)COc1ccccc1CCO. The molecule has 78 valence electrons. The minimum Gasteiger partial charge on any atom is -0.491 e. The van der Waals surface area contributed by atoms with E-state index in [2.05, 4.69) is 0 Å². The van der Waals surface area contributed by atoms with Gasteiger partial charge in [0.25, 0.3) is 0 Å². The van der Waals surface area contributed by atoms with E-state index in [1.807, 2.05) is 24.3 Å². The predicted molar refractivity (Wildman–Crippen MR) is 54.4 cm³/mol. The van der Waals surface area contributed by atoms with E-state index >= 15 is 0 Å². The lowest BCUT2D eigenvalue weighted by molar-refractivity contribution is 0.122. The quantitative estimate of drug-likeness (QED) is 0.738. The van der Waals surface area contributed by atoms with Crippen molar-refractivity contribution in [3.63, 3.8) is 0 Å². The highest BCUT2D eigenvalue weighted by Gasteiger charge is 2.03. The predicted octanol–water partition coefficient (Wildman–Crippen LogP) is 0.981. The second-order valence-electron chi connectivity index (χ2n) is 3.24. The minimum absolute atomic E-state index is 0.106. The maximum Gasteiger partial charge on any atom is 0.122 e. The first-order chi connectivity index (χ1) is 6.74. The lowest BCUT2D eigenvalue weighted by atomic mass is 10.1. The van der Waals surface area contributed by atoms with E-state index in [0.717, 1.165) is 11.3 Å². The number of rotatable bonds is 5. The van der Waals surface area contributed by atoms with Gasteiger partial charge in [0.2, 0.25) is 0 Å².